The minimum atomic E-state index is 0.648. The van der Waals surface area contributed by atoms with Crippen LogP contribution in [-0.2, 0) is 0 Å². The maximum Gasteiger partial charge on any atom is 0.145 e. The number of ether oxygens (including phenoxy) is 2. The van der Waals surface area contributed by atoms with Crippen molar-refractivity contribution in [1.29, 1.82) is 0 Å². The van der Waals surface area contributed by atoms with E-state index in [1.165, 1.54) is 5.06 Å². The van der Waals surface area contributed by atoms with Crippen LogP contribution in [0.3, 0.4) is 0 Å². The average molecular weight is 238 g/mol. The number of hydrogen-bond acceptors (Lipinski definition) is 5. The zero-order chi connectivity index (χ0) is 12.3. The molecule has 0 aliphatic carbocycles. The SMILES string of the molecule is COc1ccc(N2CCN(O)CC2)c(OC)c1. The molecule has 0 bridgehead atoms. The van der Waals surface area contributed by atoms with Crippen LogP contribution in [0.5, 0.6) is 11.5 Å². The van der Waals surface area contributed by atoms with Gasteiger partial charge in [0, 0.05) is 32.2 Å². The molecular weight excluding hydrogens is 220 g/mol. The highest BCUT2D eigenvalue weighted by Crippen LogP contribution is 2.32. The number of anilines is 1. The van der Waals surface area contributed by atoms with Crippen molar-refractivity contribution < 1.29 is 14.7 Å². The third kappa shape index (κ3) is 2.62. The standard InChI is InChI=1S/C12H18N2O3/c1-16-10-3-4-11(12(9-10)17-2)13-5-7-14(15)8-6-13/h3-4,9,15H,5-8H2,1-2H3. The fourth-order valence-electron chi connectivity index (χ4n) is 1.98. The van der Waals surface area contributed by atoms with Gasteiger partial charge in [-0.1, -0.05) is 0 Å². The molecule has 1 aliphatic heterocycles. The third-order valence-electron chi connectivity index (χ3n) is 2.98. The van der Waals surface area contributed by atoms with Crippen molar-refractivity contribution in [3.05, 3.63) is 18.2 Å². The minimum absolute atomic E-state index is 0.648. The molecule has 0 unspecified atom stereocenters. The molecule has 0 radical (unpaired) electrons. The summed E-state index contributed by atoms with van der Waals surface area (Å²) < 4.78 is 10.5. The largest absolute Gasteiger partial charge is 0.497 e. The molecule has 1 aromatic rings. The molecule has 1 saturated heterocycles. The van der Waals surface area contributed by atoms with Gasteiger partial charge in [-0.05, 0) is 12.1 Å². The van der Waals surface area contributed by atoms with Gasteiger partial charge in [0.25, 0.3) is 0 Å². The van der Waals surface area contributed by atoms with E-state index in [4.69, 9.17) is 9.47 Å². The molecular formula is C12H18N2O3. The van der Waals surface area contributed by atoms with E-state index in [2.05, 4.69) is 4.90 Å². The highest BCUT2D eigenvalue weighted by Gasteiger charge is 2.18. The van der Waals surface area contributed by atoms with Crippen molar-refractivity contribution in [3.63, 3.8) is 0 Å². The molecule has 5 nitrogen and oxygen atoms in total. The second-order valence-corrected chi connectivity index (χ2v) is 3.98. The van der Waals surface area contributed by atoms with Gasteiger partial charge in [-0.3, -0.25) is 0 Å². The van der Waals surface area contributed by atoms with Crippen LogP contribution >= 0.6 is 0 Å². The van der Waals surface area contributed by atoms with Crippen LogP contribution in [0, 0.1) is 0 Å². The van der Waals surface area contributed by atoms with Gasteiger partial charge < -0.3 is 19.6 Å². The van der Waals surface area contributed by atoms with Crippen molar-refractivity contribution in [2.45, 2.75) is 0 Å². The summed E-state index contributed by atoms with van der Waals surface area (Å²) in [7, 11) is 3.29. The summed E-state index contributed by atoms with van der Waals surface area (Å²) in [4.78, 5) is 2.20. The van der Waals surface area contributed by atoms with E-state index in [1.54, 1.807) is 14.2 Å². The van der Waals surface area contributed by atoms with E-state index in [-0.39, 0.29) is 0 Å². The Labute approximate surface area is 101 Å². The van der Waals surface area contributed by atoms with Gasteiger partial charge in [-0.15, -0.1) is 0 Å². The quantitative estimate of drug-likeness (QED) is 0.857. The molecule has 94 valence electrons. The van der Waals surface area contributed by atoms with Crippen LogP contribution in [0.2, 0.25) is 0 Å². The summed E-state index contributed by atoms with van der Waals surface area (Å²) in [6.07, 6.45) is 0. The number of benzene rings is 1. The lowest BCUT2D eigenvalue weighted by molar-refractivity contribution is -0.0936. The molecule has 1 N–H and O–H groups in total. The molecule has 0 saturated carbocycles. The van der Waals surface area contributed by atoms with Crippen LogP contribution in [0.1, 0.15) is 0 Å². The van der Waals surface area contributed by atoms with Gasteiger partial charge in [-0.2, -0.15) is 5.06 Å². The molecule has 0 amide bonds. The van der Waals surface area contributed by atoms with E-state index in [9.17, 15) is 5.21 Å². The number of hydroxylamine groups is 2. The molecule has 0 atom stereocenters. The maximum atomic E-state index is 9.34. The Morgan fingerprint density at radius 2 is 1.76 bits per heavy atom. The van der Waals surface area contributed by atoms with Crippen molar-refractivity contribution in [3.8, 4) is 11.5 Å². The smallest absolute Gasteiger partial charge is 0.145 e. The average Bonchev–Trinajstić information content (AvgIpc) is 2.39. The first-order valence-electron chi connectivity index (χ1n) is 5.65. The Morgan fingerprint density at radius 3 is 2.35 bits per heavy atom. The van der Waals surface area contributed by atoms with Gasteiger partial charge in [0.05, 0.1) is 19.9 Å². The fraction of sp³-hybridized carbons (Fsp3) is 0.500. The van der Waals surface area contributed by atoms with Gasteiger partial charge in [-0.25, -0.2) is 0 Å². The zero-order valence-electron chi connectivity index (χ0n) is 10.2. The highest BCUT2D eigenvalue weighted by atomic mass is 16.5. The van der Waals surface area contributed by atoms with Crippen molar-refractivity contribution in [2.24, 2.45) is 0 Å². The first kappa shape index (κ1) is 12.0. The Morgan fingerprint density at radius 1 is 1.06 bits per heavy atom. The predicted octanol–water partition coefficient (Wildman–Crippen LogP) is 1.21. The number of nitrogens with zero attached hydrogens (tertiary/aromatic N) is 2. The monoisotopic (exact) mass is 238 g/mol. The Balaban J connectivity index is 2.19. The Kier molecular flexibility index (Phi) is 3.71. The molecule has 2 rings (SSSR count). The molecule has 1 aliphatic rings. The third-order valence-corrected chi connectivity index (χ3v) is 2.98. The molecule has 17 heavy (non-hydrogen) atoms. The van der Waals surface area contributed by atoms with Crippen molar-refractivity contribution >= 4 is 5.69 Å². The second kappa shape index (κ2) is 5.25. The topological polar surface area (TPSA) is 45.2 Å². The zero-order valence-corrected chi connectivity index (χ0v) is 10.2. The van der Waals surface area contributed by atoms with Gasteiger partial charge in [0.1, 0.15) is 11.5 Å². The normalized spacial score (nSPS) is 17.0. The Bertz CT molecular complexity index is 376. The highest BCUT2D eigenvalue weighted by molar-refractivity contribution is 5.61. The van der Waals surface area contributed by atoms with E-state index < -0.39 is 0 Å². The lowest BCUT2D eigenvalue weighted by Gasteiger charge is -2.33. The number of piperazine rings is 1. The van der Waals surface area contributed by atoms with E-state index in [0.717, 1.165) is 30.3 Å². The van der Waals surface area contributed by atoms with Crippen LogP contribution in [-0.4, -0.2) is 50.7 Å². The van der Waals surface area contributed by atoms with E-state index in [0.29, 0.717) is 13.1 Å². The first-order chi connectivity index (χ1) is 8.24. The molecule has 1 fully saturated rings. The summed E-state index contributed by atoms with van der Waals surface area (Å²) in [6, 6.07) is 5.79. The lowest BCUT2D eigenvalue weighted by Crippen LogP contribution is -2.44. The Hall–Kier alpha value is -1.46. The molecule has 0 spiro atoms. The predicted molar refractivity (Wildman–Crippen MR) is 65.1 cm³/mol. The summed E-state index contributed by atoms with van der Waals surface area (Å²) in [5.74, 6) is 1.59. The van der Waals surface area contributed by atoms with Crippen molar-refractivity contribution in [1.82, 2.24) is 5.06 Å². The van der Waals surface area contributed by atoms with Gasteiger partial charge >= 0.3 is 0 Å². The number of rotatable bonds is 3. The summed E-state index contributed by atoms with van der Waals surface area (Å²) in [6.45, 7) is 2.88. The van der Waals surface area contributed by atoms with Gasteiger partial charge in [0.15, 0.2) is 0 Å². The number of hydrogen-bond donors (Lipinski definition) is 1. The van der Waals surface area contributed by atoms with Gasteiger partial charge in [0.2, 0.25) is 0 Å². The van der Waals surface area contributed by atoms with E-state index in [1.807, 2.05) is 18.2 Å². The maximum absolute atomic E-state index is 9.34. The van der Waals surface area contributed by atoms with Crippen LogP contribution in [0.25, 0.3) is 0 Å². The summed E-state index contributed by atoms with van der Waals surface area (Å²) >= 11 is 0. The van der Waals surface area contributed by atoms with Crippen molar-refractivity contribution in [2.75, 3.05) is 45.3 Å². The van der Waals surface area contributed by atoms with Crippen LogP contribution < -0.4 is 14.4 Å². The van der Waals surface area contributed by atoms with Crippen LogP contribution in [0.4, 0.5) is 5.69 Å². The molecule has 5 heteroatoms. The molecule has 1 aromatic carbocycles. The molecule has 0 aromatic heterocycles. The summed E-state index contributed by atoms with van der Waals surface area (Å²) in [5.41, 5.74) is 1.04. The first-order valence-corrected chi connectivity index (χ1v) is 5.65. The fourth-order valence-corrected chi connectivity index (χ4v) is 1.98. The summed E-state index contributed by atoms with van der Waals surface area (Å²) in [5, 5.41) is 10.7. The van der Waals surface area contributed by atoms with E-state index >= 15 is 0 Å². The minimum Gasteiger partial charge on any atom is -0.497 e. The van der Waals surface area contributed by atoms with Crippen LogP contribution in [0.15, 0.2) is 18.2 Å². The lowest BCUT2D eigenvalue weighted by atomic mass is 10.2. The second-order valence-electron chi connectivity index (χ2n) is 3.98. The number of methoxy groups -OCH3 is 2. The molecule has 1 heterocycles.